The molecule has 0 aliphatic carbocycles. The highest BCUT2D eigenvalue weighted by Crippen LogP contribution is 2.24. The lowest BCUT2D eigenvalue weighted by Crippen LogP contribution is -2.54. The van der Waals surface area contributed by atoms with Gasteiger partial charge in [0.25, 0.3) is 5.91 Å². The molecule has 2 aromatic rings. The Labute approximate surface area is 144 Å². The molecule has 0 unspecified atom stereocenters. The van der Waals surface area contributed by atoms with Gasteiger partial charge in [-0.15, -0.1) is 0 Å². The van der Waals surface area contributed by atoms with Crippen LogP contribution in [0.3, 0.4) is 0 Å². The van der Waals surface area contributed by atoms with Crippen LogP contribution in [0.2, 0.25) is 0 Å². The molecule has 0 spiro atoms. The fraction of sp³-hybridized carbons (Fsp3) is 0.450. The zero-order valence-corrected chi connectivity index (χ0v) is 14.9. The van der Waals surface area contributed by atoms with Gasteiger partial charge in [-0.25, -0.2) is 0 Å². The quantitative estimate of drug-likeness (QED) is 0.860. The maximum Gasteiger partial charge on any atom is 0.257 e. The van der Waals surface area contributed by atoms with E-state index in [1.54, 1.807) is 12.3 Å². The van der Waals surface area contributed by atoms with Crippen molar-refractivity contribution >= 4 is 11.6 Å². The molecule has 127 valence electrons. The van der Waals surface area contributed by atoms with Gasteiger partial charge >= 0.3 is 0 Å². The molecule has 1 amide bonds. The minimum absolute atomic E-state index is 0.0673. The summed E-state index contributed by atoms with van der Waals surface area (Å²) in [4.78, 5) is 17.0. The minimum Gasteiger partial charge on any atom is -0.469 e. The predicted octanol–water partition coefficient (Wildman–Crippen LogP) is 3.86. The van der Waals surface area contributed by atoms with E-state index >= 15 is 0 Å². The van der Waals surface area contributed by atoms with E-state index in [0.717, 1.165) is 19.6 Å². The van der Waals surface area contributed by atoms with Gasteiger partial charge in [0, 0.05) is 31.4 Å². The van der Waals surface area contributed by atoms with Crippen LogP contribution in [0.5, 0.6) is 0 Å². The Morgan fingerprint density at radius 3 is 2.75 bits per heavy atom. The first kappa shape index (κ1) is 16.6. The smallest absolute Gasteiger partial charge is 0.257 e. The van der Waals surface area contributed by atoms with Gasteiger partial charge in [-0.3, -0.25) is 4.79 Å². The van der Waals surface area contributed by atoms with E-state index in [-0.39, 0.29) is 11.9 Å². The number of carbonyl (C=O) groups excluding carboxylic acids is 1. The molecule has 0 N–H and O–H groups in total. The van der Waals surface area contributed by atoms with Crippen LogP contribution < -0.4 is 4.90 Å². The summed E-state index contributed by atoms with van der Waals surface area (Å²) in [5.74, 6) is 1.22. The van der Waals surface area contributed by atoms with Crippen LogP contribution in [0.4, 0.5) is 5.69 Å². The number of furan rings is 1. The number of aryl methyl sites for hydroxylation is 1. The number of piperazine rings is 1. The third kappa shape index (κ3) is 3.18. The van der Waals surface area contributed by atoms with Gasteiger partial charge < -0.3 is 14.2 Å². The standard InChI is InChI=1S/C20H25N2O2/c1-14(2)17-6-5-7-18(12-17)21-9-10-22(15(3)13-21)20(23)19-8-11-24-16(19)4/h5,7-8,11-12,14-15H,9-10,13H2,1-4H3/t15-/m1/s1. The topological polar surface area (TPSA) is 36.7 Å². The number of hydrogen-bond acceptors (Lipinski definition) is 3. The molecule has 0 bridgehead atoms. The van der Waals surface area contributed by atoms with Crippen molar-refractivity contribution in [3.8, 4) is 0 Å². The number of amides is 1. The van der Waals surface area contributed by atoms with Gasteiger partial charge in [0.1, 0.15) is 5.76 Å². The van der Waals surface area contributed by atoms with E-state index in [2.05, 4.69) is 43.9 Å². The van der Waals surface area contributed by atoms with Gasteiger partial charge in [-0.1, -0.05) is 19.9 Å². The molecule has 1 aliphatic heterocycles. The molecule has 1 atom stereocenters. The van der Waals surface area contributed by atoms with Crippen molar-refractivity contribution in [1.82, 2.24) is 4.90 Å². The molecule has 1 saturated heterocycles. The van der Waals surface area contributed by atoms with Gasteiger partial charge in [0.15, 0.2) is 0 Å². The Kier molecular flexibility index (Phi) is 4.65. The van der Waals surface area contributed by atoms with Crippen LogP contribution >= 0.6 is 0 Å². The lowest BCUT2D eigenvalue weighted by Gasteiger charge is -2.41. The molecule has 3 rings (SSSR count). The number of anilines is 1. The van der Waals surface area contributed by atoms with Crippen LogP contribution in [-0.4, -0.2) is 36.5 Å². The van der Waals surface area contributed by atoms with Crippen molar-refractivity contribution in [3.05, 3.63) is 53.5 Å². The molecule has 2 heterocycles. The summed E-state index contributed by atoms with van der Waals surface area (Å²) in [5.41, 5.74) is 3.12. The highest BCUT2D eigenvalue weighted by Gasteiger charge is 2.29. The van der Waals surface area contributed by atoms with Crippen molar-refractivity contribution in [2.24, 2.45) is 0 Å². The van der Waals surface area contributed by atoms with Crippen molar-refractivity contribution in [2.45, 2.75) is 39.7 Å². The number of nitrogens with zero attached hydrogens (tertiary/aromatic N) is 2. The van der Waals surface area contributed by atoms with E-state index in [1.165, 1.54) is 11.3 Å². The Hall–Kier alpha value is -2.23. The summed E-state index contributed by atoms with van der Waals surface area (Å²) >= 11 is 0. The van der Waals surface area contributed by atoms with Crippen LogP contribution in [0, 0.1) is 13.0 Å². The highest BCUT2D eigenvalue weighted by molar-refractivity contribution is 5.95. The Morgan fingerprint density at radius 2 is 2.12 bits per heavy atom. The average molecular weight is 325 g/mol. The monoisotopic (exact) mass is 325 g/mol. The summed E-state index contributed by atoms with van der Waals surface area (Å²) in [6.07, 6.45) is 1.58. The summed E-state index contributed by atoms with van der Waals surface area (Å²) in [5, 5.41) is 0. The second-order valence-electron chi connectivity index (χ2n) is 6.84. The lowest BCUT2D eigenvalue weighted by molar-refractivity contribution is 0.0672. The third-order valence-electron chi connectivity index (χ3n) is 4.77. The molecule has 1 aromatic heterocycles. The lowest BCUT2D eigenvalue weighted by atomic mass is 10.0. The van der Waals surface area contributed by atoms with Gasteiger partial charge in [0.05, 0.1) is 11.8 Å². The normalized spacial score (nSPS) is 18.3. The van der Waals surface area contributed by atoms with Crippen LogP contribution in [0.1, 0.15) is 48.4 Å². The molecule has 4 nitrogen and oxygen atoms in total. The van der Waals surface area contributed by atoms with Crippen molar-refractivity contribution in [3.63, 3.8) is 0 Å². The zero-order chi connectivity index (χ0) is 17.3. The molecule has 1 aromatic carbocycles. The molecule has 4 heteroatoms. The molecule has 1 aliphatic rings. The summed E-state index contributed by atoms with van der Waals surface area (Å²) in [6.45, 7) is 10.7. The van der Waals surface area contributed by atoms with E-state index < -0.39 is 0 Å². The van der Waals surface area contributed by atoms with E-state index in [9.17, 15) is 4.79 Å². The Balaban J connectivity index is 1.72. The number of carbonyl (C=O) groups is 1. The first-order chi connectivity index (χ1) is 11.5. The summed E-state index contributed by atoms with van der Waals surface area (Å²) in [6, 6.07) is 11.6. The summed E-state index contributed by atoms with van der Waals surface area (Å²) in [7, 11) is 0. The largest absolute Gasteiger partial charge is 0.469 e. The molecular formula is C20H25N2O2. The molecular weight excluding hydrogens is 300 g/mol. The predicted molar refractivity (Wildman–Crippen MR) is 95.5 cm³/mol. The van der Waals surface area contributed by atoms with Gasteiger partial charge in [-0.05, 0) is 49.6 Å². The van der Waals surface area contributed by atoms with Gasteiger partial charge in [-0.2, -0.15) is 0 Å². The van der Waals surface area contributed by atoms with Crippen molar-refractivity contribution < 1.29 is 9.21 Å². The Bertz CT molecular complexity index is 720. The highest BCUT2D eigenvalue weighted by atomic mass is 16.3. The SMILES string of the molecule is Cc1occc1C(=O)N1CCN(c2cc[c]c(C(C)C)c2)C[C@H]1C. The number of benzene rings is 1. The van der Waals surface area contributed by atoms with Crippen molar-refractivity contribution in [1.29, 1.82) is 0 Å². The second kappa shape index (κ2) is 6.71. The van der Waals surface area contributed by atoms with Gasteiger partial charge in [0.2, 0.25) is 0 Å². The fourth-order valence-corrected chi connectivity index (χ4v) is 3.26. The fourth-order valence-electron chi connectivity index (χ4n) is 3.26. The van der Waals surface area contributed by atoms with Crippen LogP contribution in [0.15, 0.2) is 34.9 Å². The van der Waals surface area contributed by atoms with Crippen LogP contribution in [0.25, 0.3) is 0 Å². The Morgan fingerprint density at radius 1 is 1.33 bits per heavy atom. The zero-order valence-electron chi connectivity index (χ0n) is 14.9. The third-order valence-corrected chi connectivity index (χ3v) is 4.77. The van der Waals surface area contributed by atoms with E-state index in [4.69, 9.17) is 4.42 Å². The maximum absolute atomic E-state index is 12.7. The molecule has 24 heavy (non-hydrogen) atoms. The molecule has 0 saturated carbocycles. The molecule has 1 fully saturated rings. The second-order valence-corrected chi connectivity index (χ2v) is 6.84. The van der Waals surface area contributed by atoms with Crippen LogP contribution in [-0.2, 0) is 0 Å². The first-order valence-corrected chi connectivity index (χ1v) is 8.59. The first-order valence-electron chi connectivity index (χ1n) is 8.59. The molecule has 1 radical (unpaired) electrons. The maximum atomic E-state index is 12.7. The summed E-state index contributed by atoms with van der Waals surface area (Å²) < 4.78 is 5.28. The van der Waals surface area contributed by atoms with Crippen molar-refractivity contribution in [2.75, 3.05) is 24.5 Å². The number of rotatable bonds is 3. The van der Waals surface area contributed by atoms with E-state index in [1.807, 2.05) is 17.9 Å². The number of hydrogen-bond donors (Lipinski definition) is 0. The van der Waals surface area contributed by atoms with E-state index in [0.29, 0.717) is 17.2 Å². The minimum atomic E-state index is 0.0673. The average Bonchev–Trinajstić information content (AvgIpc) is 3.00.